The maximum atomic E-state index is 9.03. The second kappa shape index (κ2) is 8.93. The number of nitriles is 1. The first-order valence-electron chi connectivity index (χ1n) is 10.7. The maximum absolute atomic E-state index is 9.03. The van der Waals surface area contributed by atoms with Gasteiger partial charge in [-0.25, -0.2) is 4.98 Å². The molecule has 152 valence electrons. The monoisotopic (exact) mass is 453 g/mol. The highest BCUT2D eigenvalue weighted by atomic mass is 79.9. The van der Waals surface area contributed by atoms with Gasteiger partial charge in [-0.2, -0.15) is 5.26 Å². The van der Waals surface area contributed by atoms with Crippen LogP contribution in [0.4, 0.5) is 0 Å². The first-order valence-corrected chi connectivity index (χ1v) is 11.5. The van der Waals surface area contributed by atoms with Gasteiger partial charge in [0, 0.05) is 30.1 Å². The van der Waals surface area contributed by atoms with Crippen LogP contribution in [0.2, 0.25) is 0 Å². The molecule has 1 aliphatic heterocycles. The fourth-order valence-corrected chi connectivity index (χ4v) is 5.77. The van der Waals surface area contributed by atoms with E-state index in [0.717, 1.165) is 49.6 Å². The average Bonchev–Trinajstić information content (AvgIpc) is 3.19. The Balaban J connectivity index is 1.44. The zero-order chi connectivity index (χ0) is 20.2. The van der Waals surface area contributed by atoms with Gasteiger partial charge in [0.2, 0.25) is 0 Å². The van der Waals surface area contributed by atoms with Crippen molar-refractivity contribution in [1.82, 2.24) is 9.97 Å². The Labute approximate surface area is 181 Å². The molecule has 3 heterocycles. The summed E-state index contributed by atoms with van der Waals surface area (Å²) in [6.45, 7) is 0.850. The van der Waals surface area contributed by atoms with E-state index in [1.54, 1.807) is 0 Å². The molecule has 29 heavy (non-hydrogen) atoms. The summed E-state index contributed by atoms with van der Waals surface area (Å²) in [5.74, 6) is 0. The van der Waals surface area contributed by atoms with Crippen LogP contribution in [0.1, 0.15) is 74.7 Å². The fraction of sp³-hybridized carbons (Fsp3) is 0.542. The Morgan fingerprint density at radius 1 is 1.14 bits per heavy atom. The van der Waals surface area contributed by atoms with E-state index >= 15 is 0 Å². The molecule has 0 N–H and O–H groups in total. The SMILES string of the molecule is N#Cc1ncc(CCCC[C@@]2(c3ccccn3)CCOC3(CCCC3)C2)cc1Br. The number of hydrogen-bond donors (Lipinski definition) is 0. The van der Waals surface area contributed by atoms with Crippen LogP contribution < -0.4 is 0 Å². The van der Waals surface area contributed by atoms with Crippen LogP contribution in [-0.4, -0.2) is 22.2 Å². The van der Waals surface area contributed by atoms with Crippen LogP contribution in [0.15, 0.2) is 41.1 Å². The molecule has 1 spiro atoms. The van der Waals surface area contributed by atoms with Crippen molar-refractivity contribution in [3.63, 3.8) is 0 Å². The number of aryl methyl sites for hydroxylation is 1. The third-order valence-electron chi connectivity index (χ3n) is 6.75. The first kappa shape index (κ1) is 20.5. The minimum atomic E-state index is 0.0810. The Morgan fingerprint density at radius 2 is 2.00 bits per heavy atom. The van der Waals surface area contributed by atoms with Crippen molar-refractivity contribution in [1.29, 1.82) is 5.26 Å². The van der Waals surface area contributed by atoms with Crippen molar-refractivity contribution in [2.24, 2.45) is 0 Å². The lowest BCUT2D eigenvalue weighted by atomic mass is 9.67. The van der Waals surface area contributed by atoms with Crippen molar-refractivity contribution in [2.75, 3.05) is 6.61 Å². The smallest absolute Gasteiger partial charge is 0.154 e. The topological polar surface area (TPSA) is 58.8 Å². The van der Waals surface area contributed by atoms with E-state index in [2.05, 4.69) is 39.1 Å². The summed E-state index contributed by atoms with van der Waals surface area (Å²) in [6.07, 6.45) is 15.3. The highest BCUT2D eigenvalue weighted by Crippen LogP contribution is 2.50. The number of hydrogen-bond acceptors (Lipinski definition) is 4. The Hall–Kier alpha value is -1.77. The van der Waals surface area contributed by atoms with Gasteiger partial charge in [0.1, 0.15) is 6.07 Å². The van der Waals surface area contributed by atoms with Crippen molar-refractivity contribution >= 4 is 15.9 Å². The minimum Gasteiger partial charge on any atom is -0.375 e. The molecule has 1 saturated carbocycles. The van der Waals surface area contributed by atoms with Gasteiger partial charge >= 0.3 is 0 Å². The predicted molar refractivity (Wildman–Crippen MR) is 117 cm³/mol. The number of unbranched alkanes of at least 4 members (excludes halogenated alkanes) is 1. The van der Waals surface area contributed by atoms with E-state index in [0.29, 0.717) is 5.69 Å². The number of rotatable bonds is 6. The molecule has 2 aliphatic rings. The number of halogens is 1. The largest absolute Gasteiger partial charge is 0.375 e. The second-order valence-corrected chi connectivity index (χ2v) is 9.51. The Kier molecular flexibility index (Phi) is 6.32. The quantitative estimate of drug-likeness (QED) is 0.511. The highest BCUT2D eigenvalue weighted by molar-refractivity contribution is 9.10. The molecular weight excluding hydrogens is 426 g/mol. The Morgan fingerprint density at radius 3 is 2.72 bits per heavy atom. The summed E-state index contributed by atoms with van der Waals surface area (Å²) < 4.78 is 7.13. The molecule has 0 bridgehead atoms. The molecule has 1 atom stereocenters. The van der Waals surface area contributed by atoms with Crippen molar-refractivity contribution in [3.8, 4) is 6.07 Å². The summed E-state index contributed by atoms with van der Waals surface area (Å²) in [5.41, 5.74) is 3.09. The van der Waals surface area contributed by atoms with E-state index in [4.69, 9.17) is 15.0 Å². The van der Waals surface area contributed by atoms with Gasteiger partial charge in [-0.1, -0.05) is 25.3 Å². The van der Waals surface area contributed by atoms with Crippen LogP contribution in [0.25, 0.3) is 0 Å². The molecule has 1 saturated heterocycles. The average molecular weight is 454 g/mol. The summed E-state index contributed by atoms with van der Waals surface area (Å²) in [4.78, 5) is 9.03. The number of nitrogens with zero attached hydrogens (tertiary/aromatic N) is 3. The van der Waals surface area contributed by atoms with Gasteiger partial charge in [-0.05, 0) is 84.6 Å². The van der Waals surface area contributed by atoms with Gasteiger partial charge in [0.15, 0.2) is 5.69 Å². The van der Waals surface area contributed by atoms with Gasteiger partial charge in [0.05, 0.1) is 10.1 Å². The third kappa shape index (κ3) is 4.54. The van der Waals surface area contributed by atoms with Crippen LogP contribution >= 0.6 is 15.9 Å². The summed E-state index contributed by atoms with van der Waals surface area (Å²) in [5, 5.41) is 9.03. The van der Waals surface area contributed by atoms with E-state index in [-0.39, 0.29) is 11.0 Å². The van der Waals surface area contributed by atoms with E-state index < -0.39 is 0 Å². The summed E-state index contributed by atoms with van der Waals surface area (Å²) in [6, 6.07) is 10.5. The molecule has 0 radical (unpaired) electrons. The minimum absolute atomic E-state index is 0.0810. The van der Waals surface area contributed by atoms with Crippen LogP contribution in [0, 0.1) is 11.3 Å². The summed E-state index contributed by atoms with van der Waals surface area (Å²) in [7, 11) is 0. The molecular formula is C24H28BrN3O. The zero-order valence-electron chi connectivity index (χ0n) is 16.9. The zero-order valence-corrected chi connectivity index (χ0v) is 18.5. The molecule has 0 amide bonds. The summed E-state index contributed by atoms with van der Waals surface area (Å²) >= 11 is 3.45. The molecule has 0 unspecified atom stereocenters. The van der Waals surface area contributed by atoms with Crippen LogP contribution in [-0.2, 0) is 16.6 Å². The normalized spacial score (nSPS) is 23.2. The second-order valence-electron chi connectivity index (χ2n) is 8.65. The molecule has 4 rings (SSSR count). The van der Waals surface area contributed by atoms with Crippen molar-refractivity contribution in [3.05, 3.63) is 58.1 Å². The maximum Gasteiger partial charge on any atom is 0.154 e. The molecule has 4 nitrogen and oxygen atoms in total. The number of ether oxygens (including phenoxy) is 1. The van der Waals surface area contributed by atoms with Gasteiger partial charge < -0.3 is 4.74 Å². The molecule has 2 aromatic rings. The number of aromatic nitrogens is 2. The fourth-order valence-electron chi connectivity index (χ4n) is 5.29. The molecule has 2 aromatic heterocycles. The van der Waals surface area contributed by atoms with Crippen molar-refractivity contribution < 1.29 is 4.74 Å². The van der Waals surface area contributed by atoms with Crippen LogP contribution in [0.3, 0.4) is 0 Å². The lowest BCUT2D eigenvalue weighted by Crippen LogP contribution is -2.46. The van der Waals surface area contributed by atoms with E-state index in [9.17, 15) is 0 Å². The van der Waals surface area contributed by atoms with Crippen LogP contribution in [0.5, 0.6) is 0 Å². The first-order chi connectivity index (χ1) is 14.1. The molecule has 5 heteroatoms. The van der Waals surface area contributed by atoms with E-state index in [1.807, 2.05) is 24.5 Å². The lowest BCUT2D eigenvalue weighted by molar-refractivity contribution is -0.104. The molecule has 1 aliphatic carbocycles. The predicted octanol–water partition coefficient (Wildman–Crippen LogP) is 5.88. The number of pyridine rings is 2. The van der Waals surface area contributed by atoms with Gasteiger partial charge in [0.25, 0.3) is 0 Å². The van der Waals surface area contributed by atoms with Crippen molar-refractivity contribution in [2.45, 2.75) is 75.2 Å². The van der Waals surface area contributed by atoms with E-state index in [1.165, 1.54) is 36.9 Å². The Bertz CT molecular complexity index is 873. The highest BCUT2D eigenvalue weighted by Gasteiger charge is 2.48. The molecule has 0 aromatic carbocycles. The lowest BCUT2D eigenvalue weighted by Gasteiger charge is -2.46. The third-order valence-corrected chi connectivity index (χ3v) is 7.35. The van der Waals surface area contributed by atoms with Gasteiger partial charge in [-0.15, -0.1) is 0 Å². The standard InChI is InChI=1S/C24H28BrN3O/c25-20-15-19(17-28-21(20)16-26)7-1-3-9-23(22-8-2-6-13-27-22)12-14-29-24(18-23)10-4-5-11-24/h2,6,8,13,15,17H,1,3-5,7,9-12,14,18H2/t23-/m1/s1. The van der Waals surface area contributed by atoms with Gasteiger partial charge in [-0.3, -0.25) is 4.98 Å². The molecule has 2 fully saturated rings.